The Bertz CT molecular complexity index is 425. The summed E-state index contributed by atoms with van der Waals surface area (Å²) in [7, 11) is 0. The van der Waals surface area contributed by atoms with Gasteiger partial charge in [-0.05, 0) is 51.8 Å². The summed E-state index contributed by atoms with van der Waals surface area (Å²) < 4.78 is 1.91. The molecule has 1 fully saturated rings. The van der Waals surface area contributed by atoms with Gasteiger partial charge in [0.1, 0.15) is 0 Å². The predicted molar refractivity (Wildman–Crippen MR) is 77.7 cm³/mol. The van der Waals surface area contributed by atoms with Crippen molar-refractivity contribution in [2.24, 2.45) is 0 Å². The molecule has 0 bridgehead atoms. The molecule has 0 unspecified atom stereocenters. The fourth-order valence-electron chi connectivity index (χ4n) is 1.94. The largest absolute Gasteiger partial charge is 0.330 e. The van der Waals surface area contributed by atoms with Crippen LogP contribution in [0.15, 0.2) is 14.3 Å². The number of halogens is 2. The minimum atomic E-state index is -0.127. The van der Waals surface area contributed by atoms with Crippen LogP contribution in [0.1, 0.15) is 23.5 Å². The molecule has 0 aliphatic carbocycles. The van der Waals surface area contributed by atoms with Crippen molar-refractivity contribution in [3.8, 4) is 0 Å². The minimum Gasteiger partial charge on any atom is -0.330 e. The maximum atomic E-state index is 12.4. The molecule has 1 amide bonds. The minimum absolute atomic E-state index is 0.118. The molecule has 94 valence electrons. The van der Waals surface area contributed by atoms with Crippen molar-refractivity contribution in [1.82, 2.24) is 10.2 Å². The lowest BCUT2D eigenvalue weighted by Crippen LogP contribution is -2.59. The van der Waals surface area contributed by atoms with Gasteiger partial charge in [-0.1, -0.05) is 0 Å². The number of hydrogen-bond donors (Lipinski definition) is 1. The van der Waals surface area contributed by atoms with Gasteiger partial charge in [-0.2, -0.15) is 0 Å². The van der Waals surface area contributed by atoms with Crippen LogP contribution in [0, 0.1) is 0 Å². The predicted octanol–water partition coefficient (Wildman–Crippen LogP) is 3.10. The van der Waals surface area contributed by atoms with E-state index in [9.17, 15) is 4.79 Å². The number of nitrogens with zero attached hydrogens (tertiary/aromatic N) is 1. The summed E-state index contributed by atoms with van der Waals surface area (Å²) in [5, 5.41) is 3.32. The Labute approximate surface area is 122 Å². The molecular weight excluding hydrogens is 368 g/mol. The molecule has 0 saturated carbocycles. The average molecular weight is 382 g/mol. The lowest BCUT2D eigenvalue weighted by atomic mass is 10.00. The average Bonchev–Trinajstić information content (AvgIpc) is 2.58. The normalized spacial score (nSPS) is 19.4. The summed E-state index contributed by atoms with van der Waals surface area (Å²) >= 11 is 8.32. The molecule has 1 aliphatic heterocycles. The van der Waals surface area contributed by atoms with Crippen LogP contribution in [0.3, 0.4) is 0 Å². The van der Waals surface area contributed by atoms with Gasteiger partial charge in [-0.3, -0.25) is 4.79 Å². The maximum Gasteiger partial charge on any atom is 0.264 e. The number of piperazine rings is 1. The fourth-order valence-corrected chi connectivity index (χ4v) is 3.93. The van der Waals surface area contributed by atoms with Crippen LogP contribution in [0.5, 0.6) is 0 Å². The van der Waals surface area contributed by atoms with Gasteiger partial charge in [0.2, 0.25) is 0 Å². The van der Waals surface area contributed by atoms with E-state index in [1.165, 1.54) is 11.3 Å². The number of thiophene rings is 1. The topological polar surface area (TPSA) is 32.3 Å². The molecule has 2 rings (SSSR count). The molecule has 0 radical (unpaired) electrons. The van der Waals surface area contributed by atoms with Gasteiger partial charge in [0.05, 0.1) is 14.2 Å². The summed E-state index contributed by atoms with van der Waals surface area (Å²) in [6, 6.07) is 1.88. The summed E-state index contributed by atoms with van der Waals surface area (Å²) in [5.41, 5.74) is -0.127. The first kappa shape index (κ1) is 13.5. The Morgan fingerprint density at radius 2 is 2.24 bits per heavy atom. The molecule has 1 N–H and O–H groups in total. The second kappa shape index (κ2) is 4.99. The lowest BCUT2D eigenvalue weighted by molar-refractivity contribution is 0.0482. The Hall–Kier alpha value is 0.0900. The molecule has 1 saturated heterocycles. The highest BCUT2D eigenvalue weighted by Crippen LogP contribution is 2.34. The van der Waals surface area contributed by atoms with E-state index in [0.717, 1.165) is 32.8 Å². The van der Waals surface area contributed by atoms with Gasteiger partial charge in [0.25, 0.3) is 5.91 Å². The standard InChI is InChI=1S/C11H14Br2N2OS/c1-11(2)6-14-3-4-15(11)10(16)8-5-7(12)9(13)17-8/h5,14H,3-4,6H2,1-2H3. The molecule has 6 heteroatoms. The molecule has 17 heavy (non-hydrogen) atoms. The van der Waals surface area contributed by atoms with E-state index >= 15 is 0 Å². The van der Waals surface area contributed by atoms with Crippen molar-refractivity contribution in [1.29, 1.82) is 0 Å². The van der Waals surface area contributed by atoms with Gasteiger partial charge in [0.15, 0.2) is 0 Å². The molecular formula is C11H14Br2N2OS. The zero-order chi connectivity index (χ0) is 12.6. The van der Waals surface area contributed by atoms with E-state index in [2.05, 4.69) is 51.0 Å². The highest BCUT2D eigenvalue weighted by Gasteiger charge is 2.34. The fraction of sp³-hybridized carbons (Fsp3) is 0.545. The van der Waals surface area contributed by atoms with Crippen molar-refractivity contribution in [3.05, 3.63) is 19.2 Å². The smallest absolute Gasteiger partial charge is 0.264 e. The third-order valence-corrected chi connectivity index (χ3v) is 6.15. The number of nitrogens with one attached hydrogen (secondary N) is 1. The third-order valence-electron chi connectivity index (χ3n) is 2.90. The van der Waals surface area contributed by atoms with Crippen molar-refractivity contribution in [2.75, 3.05) is 19.6 Å². The van der Waals surface area contributed by atoms with E-state index in [0.29, 0.717) is 0 Å². The van der Waals surface area contributed by atoms with Crippen LogP contribution in [0.25, 0.3) is 0 Å². The molecule has 1 aromatic rings. The molecule has 3 nitrogen and oxygen atoms in total. The third kappa shape index (κ3) is 2.75. The molecule has 0 spiro atoms. The first-order chi connectivity index (χ1) is 7.92. The first-order valence-electron chi connectivity index (χ1n) is 5.39. The SMILES string of the molecule is CC1(C)CNCCN1C(=O)c1cc(Br)c(Br)s1. The van der Waals surface area contributed by atoms with Crippen LogP contribution < -0.4 is 5.32 Å². The molecule has 0 atom stereocenters. The Balaban J connectivity index is 2.24. The number of rotatable bonds is 1. The van der Waals surface area contributed by atoms with Gasteiger partial charge in [-0.25, -0.2) is 0 Å². The summed E-state index contributed by atoms with van der Waals surface area (Å²) in [5.74, 6) is 0.118. The lowest BCUT2D eigenvalue weighted by Gasteiger charge is -2.42. The van der Waals surface area contributed by atoms with Crippen LogP contribution in [0.4, 0.5) is 0 Å². The second-order valence-corrected chi connectivity index (χ2v) is 7.90. The Kier molecular flexibility index (Phi) is 3.97. The van der Waals surface area contributed by atoms with Gasteiger partial charge >= 0.3 is 0 Å². The number of carbonyl (C=O) groups excluding carboxylic acids is 1. The molecule has 2 heterocycles. The second-order valence-electron chi connectivity index (χ2n) is 4.68. The summed E-state index contributed by atoms with van der Waals surface area (Å²) in [6.45, 7) is 6.65. The highest BCUT2D eigenvalue weighted by atomic mass is 79.9. The van der Waals surface area contributed by atoms with E-state index < -0.39 is 0 Å². The number of carbonyl (C=O) groups is 1. The van der Waals surface area contributed by atoms with Crippen LogP contribution in [-0.4, -0.2) is 36.0 Å². The van der Waals surface area contributed by atoms with Gasteiger partial charge < -0.3 is 10.2 Å². The maximum absolute atomic E-state index is 12.4. The van der Waals surface area contributed by atoms with Crippen molar-refractivity contribution in [2.45, 2.75) is 19.4 Å². The van der Waals surface area contributed by atoms with Crippen LogP contribution in [0.2, 0.25) is 0 Å². The molecule has 0 aromatic carbocycles. The molecule has 1 aromatic heterocycles. The zero-order valence-corrected chi connectivity index (χ0v) is 13.7. The van der Waals surface area contributed by atoms with E-state index in [1.807, 2.05) is 11.0 Å². The van der Waals surface area contributed by atoms with Crippen LogP contribution >= 0.6 is 43.2 Å². The number of hydrogen-bond acceptors (Lipinski definition) is 3. The zero-order valence-electron chi connectivity index (χ0n) is 9.72. The summed E-state index contributed by atoms with van der Waals surface area (Å²) in [6.07, 6.45) is 0. The van der Waals surface area contributed by atoms with Crippen LogP contribution in [-0.2, 0) is 0 Å². The van der Waals surface area contributed by atoms with Crippen molar-refractivity contribution < 1.29 is 4.79 Å². The molecule has 1 aliphatic rings. The van der Waals surface area contributed by atoms with E-state index in [1.54, 1.807) is 0 Å². The van der Waals surface area contributed by atoms with Gasteiger partial charge in [0, 0.05) is 24.1 Å². The Morgan fingerprint density at radius 1 is 1.53 bits per heavy atom. The summed E-state index contributed by atoms with van der Waals surface area (Å²) in [4.78, 5) is 15.2. The van der Waals surface area contributed by atoms with Crippen molar-refractivity contribution >= 4 is 49.1 Å². The Morgan fingerprint density at radius 3 is 2.76 bits per heavy atom. The van der Waals surface area contributed by atoms with E-state index in [4.69, 9.17) is 0 Å². The quantitative estimate of drug-likeness (QED) is 0.810. The van der Waals surface area contributed by atoms with E-state index in [-0.39, 0.29) is 11.4 Å². The first-order valence-corrected chi connectivity index (χ1v) is 7.79. The number of amides is 1. The monoisotopic (exact) mass is 380 g/mol. The van der Waals surface area contributed by atoms with Crippen molar-refractivity contribution in [3.63, 3.8) is 0 Å². The van der Waals surface area contributed by atoms with Gasteiger partial charge in [-0.15, -0.1) is 11.3 Å². The highest BCUT2D eigenvalue weighted by molar-refractivity contribution is 9.13.